The molecule has 0 aromatic heterocycles. The molecular weight excluding hydrogens is 394 g/mol. The van der Waals surface area contributed by atoms with E-state index in [4.69, 9.17) is 9.47 Å². The number of hydrogen-bond acceptors (Lipinski definition) is 6. The molecule has 0 amide bonds. The zero-order valence-corrected chi connectivity index (χ0v) is 17.3. The molecule has 0 atom stereocenters. The van der Waals surface area contributed by atoms with Crippen LogP contribution < -0.4 is 9.46 Å². The van der Waals surface area contributed by atoms with Gasteiger partial charge in [0.1, 0.15) is 10.6 Å². The van der Waals surface area contributed by atoms with Crippen molar-refractivity contribution in [1.82, 2.24) is 4.72 Å². The largest absolute Gasteiger partial charge is 0.495 e. The van der Waals surface area contributed by atoms with Crippen molar-refractivity contribution in [3.8, 4) is 5.75 Å². The van der Waals surface area contributed by atoms with Gasteiger partial charge in [-0.1, -0.05) is 37.3 Å². The van der Waals surface area contributed by atoms with Crippen molar-refractivity contribution in [1.29, 1.82) is 0 Å². The van der Waals surface area contributed by atoms with Gasteiger partial charge in [0.15, 0.2) is 12.4 Å². The first-order chi connectivity index (χ1) is 13.8. The lowest BCUT2D eigenvalue weighted by Gasteiger charge is -2.09. The first-order valence-electron chi connectivity index (χ1n) is 8.89. The first kappa shape index (κ1) is 22.3. The molecule has 2 rings (SSSR count). The molecule has 0 heterocycles. The Morgan fingerprint density at radius 2 is 1.79 bits per heavy atom. The highest BCUT2D eigenvalue weighted by molar-refractivity contribution is 7.89. The van der Waals surface area contributed by atoms with Gasteiger partial charge in [0.25, 0.3) is 0 Å². The average molecular weight is 417 g/mol. The first-order valence-corrected chi connectivity index (χ1v) is 10.4. The number of nitrogens with one attached hydrogen (secondary N) is 1. The number of ether oxygens (including phenoxy) is 2. The van der Waals surface area contributed by atoms with Crippen LogP contribution in [0.1, 0.15) is 28.4 Å². The number of hydrogen-bond donors (Lipinski definition) is 1. The van der Waals surface area contributed by atoms with E-state index in [0.717, 1.165) is 18.1 Å². The Kier molecular flexibility index (Phi) is 7.69. The van der Waals surface area contributed by atoms with Crippen LogP contribution in [0, 0.1) is 0 Å². The minimum Gasteiger partial charge on any atom is -0.495 e. The number of carbonyl (C=O) groups excluding carboxylic acids is 2. The molecule has 2 aromatic rings. The van der Waals surface area contributed by atoms with E-state index < -0.39 is 16.0 Å². The Balaban J connectivity index is 2.03. The van der Waals surface area contributed by atoms with Crippen molar-refractivity contribution >= 4 is 27.9 Å². The minimum absolute atomic E-state index is 0.0521. The number of rotatable bonds is 9. The summed E-state index contributed by atoms with van der Waals surface area (Å²) in [6.07, 6.45) is 3.40. The summed E-state index contributed by atoms with van der Waals surface area (Å²) in [5, 5.41) is 0. The topological polar surface area (TPSA) is 98.8 Å². The summed E-state index contributed by atoms with van der Waals surface area (Å²) in [7, 11) is -1.07. The third-order valence-corrected chi connectivity index (χ3v) is 5.62. The van der Waals surface area contributed by atoms with Crippen molar-refractivity contribution in [2.24, 2.45) is 0 Å². The van der Waals surface area contributed by atoms with Crippen LogP contribution in [0.2, 0.25) is 0 Å². The maximum Gasteiger partial charge on any atom is 0.331 e. The molecular formula is C21H23NO6S. The summed E-state index contributed by atoms with van der Waals surface area (Å²) in [4.78, 5) is 23.9. The fourth-order valence-corrected chi connectivity index (χ4v) is 3.40. The van der Waals surface area contributed by atoms with Gasteiger partial charge in [0.05, 0.1) is 7.11 Å². The van der Waals surface area contributed by atoms with Crippen LogP contribution in [0.4, 0.5) is 0 Å². The van der Waals surface area contributed by atoms with Crippen LogP contribution in [0.15, 0.2) is 53.4 Å². The Morgan fingerprint density at radius 1 is 1.10 bits per heavy atom. The molecule has 0 aliphatic heterocycles. The number of sulfonamides is 1. The lowest BCUT2D eigenvalue weighted by Crippen LogP contribution is -2.19. The predicted molar refractivity (Wildman–Crippen MR) is 109 cm³/mol. The Bertz CT molecular complexity index is 1010. The predicted octanol–water partition coefficient (Wildman–Crippen LogP) is 2.61. The van der Waals surface area contributed by atoms with Gasteiger partial charge in [0, 0.05) is 11.6 Å². The van der Waals surface area contributed by atoms with Crippen LogP contribution in [0.5, 0.6) is 5.75 Å². The Labute approximate surface area is 170 Å². The van der Waals surface area contributed by atoms with Gasteiger partial charge in [0.2, 0.25) is 10.0 Å². The highest BCUT2D eigenvalue weighted by atomic mass is 32.2. The number of ketones is 1. The second-order valence-electron chi connectivity index (χ2n) is 6.03. The number of aryl methyl sites for hydroxylation is 1. The van der Waals surface area contributed by atoms with Gasteiger partial charge in [-0.05, 0) is 42.8 Å². The Morgan fingerprint density at radius 3 is 2.38 bits per heavy atom. The zero-order chi connectivity index (χ0) is 21.4. The van der Waals surface area contributed by atoms with Crippen LogP contribution in [0.25, 0.3) is 6.08 Å². The molecule has 0 fully saturated rings. The summed E-state index contributed by atoms with van der Waals surface area (Å²) >= 11 is 0. The van der Waals surface area contributed by atoms with Gasteiger partial charge in [-0.2, -0.15) is 0 Å². The third kappa shape index (κ3) is 6.00. The molecule has 7 nitrogen and oxygen atoms in total. The highest BCUT2D eigenvalue weighted by Crippen LogP contribution is 2.25. The quantitative estimate of drug-likeness (QED) is 0.383. The molecule has 2 aromatic carbocycles. The SMILES string of the molecule is CCc1ccc(C(=O)COC(=O)/C=C/c2ccc(OC)c(S(=O)(=O)NC)c2)cc1. The summed E-state index contributed by atoms with van der Waals surface area (Å²) < 4.78 is 36.4. The maximum atomic E-state index is 12.1. The van der Waals surface area contributed by atoms with Gasteiger partial charge >= 0.3 is 5.97 Å². The molecule has 0 radical (unpaired) electrons. The second kappa shape index (κ2) is 9.99. The van der Waals surface area contributed by atoms with Crippen molar-refractivity contribution in [2.75, 3.05) is 20.8 Å². The molecule has 1 N–H and O–H groups in total. The monoisotopic (exact) mass is 417 g/mol. The Hall–Kier alpha value is -2.97. The number of esters is 1. The molecule has 0 bridgehead atoms. The van der Waals surface area contributed by atoms with Crippen LogP contribution in [-0.2, 0) is 26.0 Å². The van der Waals surface area contributed by atoms with Gasteiger partial charge in [-0.3, -0.25) is 4.79 Å². The molecule has 8 heteroatoms. The van der Waals surface area contributed by atoms with E-state index in [0.29, 0.717) is 11.1 Å². The van der Waals surface area contributed by atoms with Crippen molar-refractivity contribution in [3.63, 3.8) is 0 Å². The molecule has 0 saturated carbocycles. The standard InChI is InChI=1S/C21H23NO6S/c1-4-15-5-9-17(10-6-15)18(23)14-28-21(24)12-8-16-7-11-19(27-3)20(13-16)29(25,26)22-2/h5-13,22H,4,14H2,1-3H3/b12-8+. The van der Waals surface area contributed by atoms with Gasteiger partial charge < -0.3 is 9.47 Å². The van der Waals surface area contributed by atoms with Crippen molar-refractivity contribution < 1.29 is 27.5 Å². The smallest absolute Gasteiger partial charge is 0.331 e. The molecule has 29 heavy (non-hydrogen) atoms. The van der Waals surface area contributed by atoms with Gasteiger partial charge in [-0.15, -0.1) is 0 Å². The summed E-state index contributed by atoms with van der Waals surface area (Å²) in [6, 6.07) is 11.6. The van der Waals surface area contributed by atoms with E-state index in [1.807, 2.05) is 19.1 Å². The van der Waals surface area contributed by atoms with E-state index in [2.05, 4.69) is 4.72 Å². The summed E-state index contributed by atoms with van der Waals surface area (Å²) in [6.45, 7) is 1.64. The minimum atomic E-state index is -3.73. The second-order valence-corrected chi connectivity index (χ2v) is 7.89. The van der Waals surface area contributed by atoms with Crippen molar-refractivity contribution in [3.05, 3.63) is 65.2 Å². The van der Waals surface area contributed by atoms with E-state index in [-0.39, 0.29) is 23.0 Å². The van der Waals surface area contributed by atoms with Gasteiger partial charge in [-0.25, -0.2) is 17.9 Å². The molecule has 0 unspecified atom stereocenters. The summed E-state index contributed by atoms with van der Waals surface area (Å²) in [5.74, 6) is -0.836. The number of methoxy groups -OCH3 is 1. The zero-order valence-electron chi connectivity index (χ0n) is 16.5. The average Bonchev–Trinajstić information content (AvgIpc) is 2.75. The van der Waals surface area contributed by atoms with E-state index in [1.165, 1.54) is 32.4 Å². The normalized spacial score (nSPS) is 11.4. The van der Waals surface area contributed by atoms with Crippen LogP contribution in [-0.4, -0.2) is 40.9 Å². The molecule has 154 valence electrons. The lowest BCUT2D eigenvalue weighted by atomic mass is 10.1. The lowest BCUT2D eigenvalue weighted by molar-refractivity contribution is -0.136. The molecule has 0 spiro atoms. The molecule has 0 saturated heterocycles. The number of carbonyl (C=O) groups is 2. The fraction of sp³-hybridized carbons (Fsp3) is 0.238. The van der Waals surface area contributed by atoms with E-state index in [1.54, 1.807) is 18.2 Å². The number of benzene rings is 2. The van der Waals surface area contributed by atoms with E-state index in [9.17, 15) is 18.0 Å². The van der Waals surface area contributed by atoms with Crippen LogP contribution in [0.3, 0.4) is 0 Å². The van der Waals surface area contributed by atoms with Crippen LogP contribution >= 0.6 is 0 Å². The van der Waals surface area contributed by atoms with Crippen molar-refractivity contribution in [2.45, 2.75) is 18.2 Å². The fourth-order valence-electron chi connectivity index (χ4n) is 2.48. The maximum absolute atomic E-state index is 12.1. The summed E-state index contributed by atoms with van der Waals surface area (Å²) in [5.41, 5.74) is 2.04. The molecule has 0 aliphatic rings. The highest BCUT2D eigenvalue weighted by Gasteiger charge is 2.17. The third-order valence-electron chi connectivity index (χ3n) is 4.19. The molecule has 0 aliphatic carbocycles. The number of Topliss-reactive ketones (excluding diaryl/α,β-unsaturated/α-hetero) is 1. The van der Waals surface area contributed by atoms with E-state index >= 15 is 0 Å².